The van der Waals surface area contributed by atoms with Gasteiger partial charge in [0.2, 0.25) is 15.9 Å². The molecule has 6 nitrogen and oxygen atoms in total. The molecule has 7 heteroatoms. The summed E-state index contributed by atoms with van der Waals surface area (Å²) in [6.45, 7) is 2.72. The molecule has 21 heavy (non-hydrogen) atoms. The maximum atomic E-state index is 12.1. The minimum absolute atomic E-state index is 0.000897. The van der Waals surface area contributed by atoms with E-state index in [1.54, 1.807) is 0 Å². The number of piperazine rings is 1. The van der Waals surface area contributed by atoms with Crippen LogP contribution < -0.4 is 10.6 Å². The van der Waals surface area contributed by atoms with E-state index >= 15 is 0 Å². The quantitative estimate of drug-likeness (QED) is 0.771. The molecule has 1 fully saturated rings. The van der Waals surface area contributed by atoms with Gasteiger partial charge in [-0.1, -0.05) is 30.3 Å². The number of hydrogen-bond acceptors (Lipinski definition) is 4. The van der Waals surface area contributed by atoms with E-state index in [2.05, 4.69) is 10.6 Å². The van der Waals surface area contributed by atoms with Gasteiger partial charge in [-0.25, -0.2) is 8.42 Å². The van der Waals surface area contributed by atoms with E-state index in [1.165, 1.54) is 4.31 Å². The molecule has 0 saturated carbocycles. The first-order valence-corrected chi connectivity index (χ1v) is 8.68. The maximum Gasteiger partial charge on any atom is 0.221 e. The second-order valence-corrected chi connectivity index (χ2v) is 7.07. The van der Waals surface area contributed by atoms with Gasteiger partial charge in [-0.15, -0.1) is 0 Å². The van der Waals surface area contributed by atoms with Gasteiger partial charge < -0.3 is 10.6 Å². The molecule has 116 valence electrons. The summed E-state index contributed by atoms with van der Waals surface area (Å²) in [5.74, 6) is -0.370. The van der Waals surface area contributed by atoms with Crippen LogP contribution in [-0.4, -0.2) is 50.6 Å². The topological polar surface area (TPSA) is 78.5 Å². The molecule has 0 aromatic heterocycles. The molecule has 1 aliphatic rings. The predicted molar refractivity (Wildman–Crippen MR) is 81.1 cm³/mol. The fourth-order valence-electron chi connectivity index (χ4n) is 2.16. The molecule has 1 amide bonds. The number of hydrogen-bond donors (Lipinski definition) is 2. The Hall–Kier alpha value is -1.44. The highest BCUT2D eigenvalue weighted by Crippen LogP contribution is 2.05. The Balaban J connectivity index is 1.75. The van der Waals surface area contributed by atoms with Crippen molar-refractivity contribution in [2.45, 2.75) is 13.0 Å². The highest BCUT2D eigenvalue weighted by Gasteiger charge is 2.24. The number of amides is 1. The first-order valence-electron chi connectivity index (χ1n) is 7.07. The van der Waals surface area contributed by atoms with Gasteiger partial charge in [-0.3, -0.25) is 4.79 Å². The van der Waals surface area contributed by atoms with Crippen LogP contribution in [0, 0.1) is 0 Å². The SMILES string of the molecule is O=C(CCS(=O)(=O)N1CCNCC1)NCc1ccccc1. The van der Waals surface area contributed by atoms with Gasteiger partial charge in [0.25, 0.3) is 0 Å². The maximum absolute atomic E-state index is 12.1. The van der Waals surface area contributed by atoms with Crippen LogP contribution in [0.2, 0.25) is 0 Å². The molecule has 1 aromatic rings. The van der Waals surface area contributed by atoms with E-state index in [1.807, 2.05) is 30.3 Å². The first-order chi connectivity index (χ1) is 10.1. The summed E-state index contributed by atoms with van der Waals surface area (Å²) >= 11 is 0. The lowest BCUT2D eigenvalue weighted by atomic mass is 10.2. The molecule has 2 N–H and O–H groups in total. The fraction of sp³-hybridized carbons (Fsp3) is 0.500. The van der Waals surface area contributed by atoms with Crippen molar-refractivity contribution in [2.24, 2.45) is 0 Å². The summed E-state index contributed by atoms with van der Waals surface area (Å²) in [6.07, 6.45) is -0.000897. The lowest BCUT2D eigenvalue weighted by Crippen LogP contribution is -2.47. The van der Waals surface area contributed by atoms with Gasteiger partial charge in [0.05, 0.1) is 5.75 Å². The molecule has 1 heterocycles. The third-order valence-electron chi connectivity index (χ3n) is 3.39. The third kappa shape index (κ3) is 5.11. The number of rotatable bonds is 6. The molecule has 1 aliphatic heterocycles. The summed E-state index contributed by atoms with van der Waals surface area (Å²) < 4.78 is 25.6. The molecule has 0 atom stereocenters. The van der Waals surface area contributed by atoms with Crippen LogP contribution in [-0.2, 0) is 21.4 Å². The smallest absolute Gasteiger partial charge is 0.221 e. The van der Waals surface area contributed by atoms with Gasteiger partial charge >= 0.3 is 0 Å². The van der Waals surface area contributed by atoms with Gasteiger partial charge in [0.15, 0.2) is 0 Å². The van der Waals surface area contributed by atoms with Crippen molar-refractivity contribution in [1.82, 2.24) is 14.9 Å². The van der Waals surface area contributed by atoms with Gasteiger partial charge in [-0.05, 0) is 5.56 Å². The standard InChI is InChI=1S/C14H21N3O3S/c18-14(16-12-13-4-2-1-3-5-13)6-11-21(19,20)17-9-7-15-8-10-17/h1-5,15H,6-12H2,(H,16,18). The Kier molecular flexibility index (Phi) is 5.72. The van der Waals surface area contributed by atoms with E-state index in [0.717, 1.165) is 5.56 Å². The Morgan fingerprint density at radius 3 is 2.52 bits per heavy atom. The summed E-state index contributed by atoms with van der Waals surface area (Å²) in [6, 6.07) is 9.54. The van der Waals surface area contributed by atoms with E-state index in [4.69, 9.17) is 0 Å². The summed E-state index contributed by atoms with van der Waals surface area (Å²) in [7, 11) is -3.33. The van der Waals surface area contributed by atoms with Crippen molar-refractivity contribution >= 4 is 15.9 Å². The van der Waals surface area contributed by atoms with Crippen molar-refractivity contribution < 1.29 is 13.2 Å². The van der Waals surface area contributed by atoms with E-state index in [9.17, 15) is 13.2 Å². The van der Waals surface area contributed by atoms with E-state index in [-0.39, 0.29) is 18.1 Å². The van der Waals surface area contributed by atoms with Gasteiger partial charge in [-0.2, -0.15) is 4.31 Å². The molecule has 0 bridgehead atoms. The summed E-state index contributed by atoms with van der Waals surface area (Å²) in [5.41, 5.74) is 0.996. The molecular formula is C14H21N3O3S. The zero-order valence-corrected chi connectivity index (χ0v) is 12.7. The molecule has 1 aromatic carbocycles. The number of nitrogens with zero attached hydrogens (tertiary/aromatic N) is 1. The normalized spacial score (nSPS) is 16.6. The van der Waals surface area contributed by atoms with Crippen molar-refractivity contribution in [1.29, 1.82) is 0 Å². The largest absolute Gasteiger partial charge is 0.352 e. The van der Waals surface area contributed by atoms with Gasteiger partial charge in [0, 0.05) is 39.1 Å². The van der Waals surface area contributed by atoms with Crippen molar-refractivity contribution in [3.05, 3.63) is 35.9 Å². The average molecular weight is 311 g/mol. The molecule has 0 radical (unpaired) electrons. The van der Waals surface area contributed by atoms with Crippen LogP contribution in [0.25, 0.3) is 0 Å². The fourth-order valence-corrected chi connectivity index (χ4v) is 3.60. The van der Waals surface area contributed by atoms with Crippen LogP contribution in [0.15, 0.2) is 30.3 Å². The Labute approximate surface area is 125 Å². The molecular weight excluding hydrogens is 290 g/mol. The zero-order chi connectivity index (χ0) is 15.1. The number of nitrogens with one attached hydrogen (secondary N) is 2. The molecule has 0 aliphatic carbocycles. The third-order valence-corrected chi connectivity index (χ3v) is 5.26. The van der Waals surface area contributed by atoms with Crippen molar-refractivity contribution in [3.63, 3.8) is 0 Å². The van der Waals surface area contributed by atoms with E-state index < -0.39 is 10.0 Å². The van der Waals surface area contributed by atoms with Crippen LogP contribution in [0.5, 0.6) is 0 Å². The van der Waals surface area contributed by atoms with Crippen molar-refractivity contribution in [2.75, 3.05) is 31.9 Å². The summed E-state index contributed by atoms with van der Waals surface area (Å²) in [5, 5.41) is 5.84. The monoisotopic (exact) mass is 311 g/mol. The number of benzene rings is 1. The minimum Gasteiger partial charge on any atom is -0.352 e. The molecule has 1 saturated heterocycles. The van der Waals surface area contributed by atoms with E-state index in [0.29, 0.717) is 32.7 Å². The highest BCUT2D eigenvalue weighted by molar-refractivity contribution is 7.89. The number of sulfonamides is 1. The number of carbonyl (C=O) groups is 1. The van der Waals surface area contributed by atoms with Gasteiger partial charge in [0.1, 0.15) is 0 Å². The lowest BCUT2D eigenvalue weighted by Gasteiger charge is -2.26. The second kappa shape index (κ2) is 7.53. The Bertz CT molecular complexity index is 554. The van der Waals surface area contributed by atoms with Crippen LogP contribution >= 0.6 is 0 Å². The molecule has 2 rings (SSSR count). The minimum atomic E-state index is -3.33. The second-order valence-electron chi connectivity index (χ2n) is 4.98. The molecule has 0 spiro atoms. The van der Waals surface area contributed by atoms with Crippen LogP contribution in [0.4, 0.5) is 0 Å². The van der Waals surface area contributed by atoms with Crippen molar-refractivity contribution in [3.8, 4) is 0 Å². The zero-order valence-electron chi connectivity index (χ0n) is 11.9. The first kappa shape index (κ1) is 15.9. The molecule has 0 unspecified atom stereocenters. The Morgan fingerprint density at radius 2 is 1.86 bits per heavy atom. The number of carbonyl (C=O) groups excluding carboxylic acids is 1. The summed E-state index contributed by atoms with van der Waals surface area (Å²) in [4.78, 5) is 11.7. The predicted octanol–water partition coefficient (Wildman–Crippen LogP) is -0.0721. The van der Waals surface area contributed by atoms with Crippen LogP contribution in [0.3, 0.4) is 0 Å². The van der Waals surface area contributed by atoms with Crippen LogP contribution in [0.1, 0.15) is 12.0 Å². The average Bonchev–Trinajstić information content (AvgIpc) is 2.53. The highest BCUT2D eigenvalue weighted by atomic mass is 32.2. The lowest BCUT2D eigenvalue weighted by molar-refractivity contribution is -0.120. The Morgan fingerprint density at radius 1 is 1.19 bits per heavy atom.